The standard InChI is InChI=1S/C10H13NO4/c1-6-8(10(12)13)11-9(15-6)7-2-4-14-5-3-7/h7H,2-5H2,1H3,(H,12,13). The molecule has 2 rings (SSSR count). The van der Waals surface area contributed by atoms with Crippen LogP contribution in [0.4, 0.5) is 0 Å². The summed E-state index contributed by atoms with van der Waals surface area (Å²) in [6, 6.07) is 0. The van der Waals surface area contributed by atoms with E-state index in [4.69, 9.17) is 14.3 Å². The number of carboxylic acid groups (broad SMARTS) is 1. The maximum Gasteiger partial charge on any atom is 0.358 e. The molecule has 1 N–H and O–H groups in total. The number of ether oxygens (including phenoxy) is 1. The topological polar surface area (TPSA) is 72.6 Å². The quantitative estimate of drug-likeness (QED) is 0.803. The van der Waals surface area contributed by atoms with Crippen molar-refractivity contribution in [1.82, 2.24) is 4.98 Å². The van der Waals surface area contributed by atoms with Gasteiger partial charge in [-0.05, 0) is 19.8 Å². The highest BCUT2D eigenvalue weighted by atomic mass is 16.5. The molecule has 0 spiro atoms. The summed E-state index contributed by atoms with van der Waals surface area (Å²) in [6.45, 7) is 3.00. The molecule has 1 aromatic rings. The number of carbonyl (C=O) groups is 1. The third kappa shape index (κ3) is 2.02. The Morgan fingerprint density at radius 1 is 1.47 bits per heavy atom. The average Bonchev–Trinajstić information content (AvgIpc) is 2.62. The predicted molar refractivity (Wildman–Crippen MR) is 51.0 cm³/mol. The zero-order valence-corrected chi connectivity index (χ0v) is 8.52. The van der Waals surface area contributed by atoms with Crippen molar-refractivity contribution in [3.8, 4) is 0 Å². The summed E-state index contributed by atoms with van der Waals surface area (Å²) in [7, 11) is 0. The van der Waals surface area contributed by atoms with E-state index >= 15 is 0 Å². The number of oxazole rings is 1. The molecule has 5 nitrogen and oxygen atoms in total. The third-order valence-electron chi connectivity index (χ3n) is 2.59. The normalized spacial score (nSPS) is 17.9. The SMILES string of the molecule is Cc1oc(C2CCOCC2)nc1C(=O)O. The third-order valence-corrected chi connectivity index (χ3v) is 2.59. The minimum absolute atomic E-state index is 0.0245. The minimum Gasteiger partial charge on any atom is -0.476 e. The van der Waals surface area contributed by atoms with Crippen LogP contribution in [0.5, 0.6) is 0 Å². The maximum atomic E-state index is 10.8. The lowest BCUT2D eigenvalue weighted by atomic mass is 10.0. The van der Waals surface area contributed by atoms with E-state index in [2.05, 4.69) is 4.98 Å². The first-order valence-electron chi connectivity index (χ1n) is 4.97. The van der Waals surface area contributed by atoms with Crippen LogP contribution < -0.4 is 0 Å². The Kier molecular flexibility index (Phi) is 2.73. The van der Waals surface area contributed by atoms with Gasteiger partial charge in [-0.25, -0.2) is 9.78 Å². The van der Waals surface area contributed by atoms with Crippen LogP contribution in [0.3, 0.4) is 0 Å². The maximum absolute atomic E-state index is 10.8. The van der Waals surface area contributed by atoms with Gasteiger partial charge in [-0.3, -0.25) is 0 Å². The molecule has 1 aliphatic heterocycles. The smallest absolute Gasteiger partial charge is 0.358 e. The second-order valence-corrected chi connectivity index (χ2v) is 3.65. The summed E-state index contributed by atoms with van der Waals surface area (Å²) >= 11 is 0. The van der Waals surface area contributed by atoms with Gasteiger partial charge in [0.2, 0.25) is 0 Å². The summed E-state index contributed by atoms with van der Waals surface area (Å²) in [4.78, 5) is 14.8. The molecular weight excluding hydrogens is 198 g/mol. The second kappa shape index (κ2) is 4.02. The number of hydrogen-bond donors (Lipinski definition) is 1. The molecule has 5 heteroatoms. The molecule has 1 aromatic heterocycles. The average molecular weight is 211 g/mol. The van der Waals surface area contributed by atoms with Crippen molar-refractivity contribution in [3.63, 3.8) is 0 Å². The molecule has 0 saturated carbocycles. The molecule has 0 atom stereocenters. The van der Waals surface area contributed by atoms with Gasteiger partial charge in [0, 0.05) is 19.1 Å². The minimum atomic E-state index is -1.03. The summed E-state index contributed by atoms with van der Waals surface area (Å²) in [5.41, 5.74) is 0.0245. The Morgan fingerprint density at radius 3 is 2.67 bits per heavy atom. The first-order chi connectivity index (χ1) is 7.18. The van der Waals surface area contributed by atoms with E-state index < -0.39 is 5.97 Å². The van der Waals surface area contributed by atoms with Crippen LogP contribution in [-0.4, -0.2) is 29.3 Å². The first kappa shape index (κ1) is 10.2. The monoisotopic (exact) mass is 211 g/mol. The summed E-state index contributed by atoms with van der Waals surface area (Å²) in [5.74, 6) is 0.0808. The van der Waals surface area contributed by atoms with Gasteiger partial charge in [0.1, 0.15) is 5.76 Å². The molecule has 82 valence electrons. The van der Waals surface area contributed by atoms with Crippen LogP contribution in [0.25, 0.3) is 0 Å². The lowest BCUT2D eigenvalue weighted by Gasteiger charge is -2.18. The van der Waals surface area contributed by atoms with Crippen molar-refractivity contribution in [1.29, 1.82) is 0 Å². The number of aromatic nitrogens is 1. The van der Waals surface area contributed by atoms with Crippen LogP contribution >= 0.6 is 0 Å². The summed E-state index contributed by atoms with van der Waals surface area (Å²) in [6.07, 6.45) is 1.69. The molecule has 1 aliphatic rings. The highest BCUT2D eigenvalue weighted by molar-refractivity contribution is 5.86. The van der Waals surface area contributed by atoms with Crippen LogP contribution in [0.15, 0.2) is 4.42 Å². The van der Waals surface area contributed by atoms with Crippen molar-refractivity contribution in [2.75, 3.05) is 13.2 Å². The van der Waals surface area contributed by atoms with Crippen molar-refractivity contribution in [2.24, 2.45) is 0 Å². The predicted octanol–water partition coefficient (Wildman–Crippen LogP) is 1.58. The van der Waals surface area contributed by atoms with Crippen LogP contribution in [0.1, 0.15) is 40.9 Å². The Labute approximate surface area is 87.1 Å². The molecule has 1 fully saturated rings. The molecule has 1 saturated heterocycles. The van der Waals surface area contributed by atoms with E-state index in [9.17, 15) is 4.79 Å². The van der Waals surface area contributed by atoms with Crippen LogP contribution in [0.2, 0.25) is 0 Å². The fourth-order valence-corrected chi connectivity index (χ4v) is 1.73. The van der Waals surface area contributed by atoms with Gasteiger partial charge in [-0.2, -0.15) is 0 Å². The van der Waals surface area contributed by atoms with Gasteiger partial charge in [-0.1, -0.05) is 0 Å². The molecule has 0 aromatic carbocycles. The zero-order valence-electron chi connectivity index (χ0n) is 8.52. The van der Waals surface area contributed by atoms with Gasteiger partial charge in [0.25, 0.3) is 0 Å². The van der Waals surface area contributed by atoms with E-state index in [0.717, 1.165) is 12.8 Å². The highest BCUT2D eigenvalue weighted by Gasteiger charge is 2.24. The van der Waals surface area contributed by atoms with Crippen molar-refractivity contribution < 1.29 is 19.1 Å². The van der Waals surface area contributed by atoms with E-state index in [-0.39, 0.29) is 11.6 Å². The number of carboxylic acids is 1. The molecule has 0 unspecified atom stereocenters. The summed E-state index contributed by atoms with van der Waals surface area (Å²) < 4.78 is 10.6. The number of aromatic carboxylic acids is 1. The van der Waals surface area contributed by atoms with Gasteiger partial charge < -0.3 is 14.3 Å². The molecule has 0 amide bonds. The van der Waals surface area contributed by atoms with E-state index in [1.165, 1.54) is 0 Å². The van der Waals surface area contributed by atoms with Crippen LogP contribution in [0, 0.1) is 6.92 Å². The van der Waals surface area contributed by atoms with Crippen LogP contribution in [-0.2, 0) is 4.74 Å². The van der Waals surface area contributed by atoms with E-state index in [1.54, 1.807) is 6.92 Å². The number of rotatable bonds is 2. The fraction of sp³-hybridized carbons (Fsp3) is 0.600. The molecule has 0 radical (unpaired) electrons. The molecule has 0 aliphatic carbocycles. The lowest BCUT2D eigenvalue weighted by Crippen LogP contribution is -2.14. The molecular formula is C10H13NO4. The largest absolute Gasteiger partial charge is 0.476 e. The fourth-order valence-electron chi connectivity index (χ4n) is 1.73. The number of aryl methyl sites for hydroxylation is 1. The van der Waals surface area contributed by atoms with Crippen molar-refractivity contribution in [2.45, 2.75) is 25.7 Å². The molecule has 15 heavy (non-hydrogen) atoms. The summed E-state index contributed by atoms with van der Waals surface area (Å²) in [5, 5.41) is 8.83. The Bertz CT molecular complexity index is 365. The second-order valence-electron chi connectivity index (χ2n) is 3.65. The highest BCUT2D eigenvalue weighted by Crippen LogP contribution is 2.27. The van der Waals surface area contributed by atoms with Crippen molar-refractivity contribution in [3.05, 3.63) is 17.3 Å². The lowest BCUT2D eigenvalue weighted by molar-refractivity contribution is 0.0689. The Morgan fingerprint density at radius 2 is 2.13 bits per heavy atom. The van der Waals surface area contributed by atoms with Gasteiger partial charge in [0.15, 0.2) is 11.6 Å². The Hall–Kier alpha value is -1.36. The Balaban J connectivity index is 2.21. The number of hydrogen-bond acceptors (Lipinski definition) is 4. The number of nitrogens with zero attached hydrogens (tertiary/aromatic N) is 1. The van der Waals surface area contributed by atoms with Crippen molar-refractivity contribution >= 4 is 5.97 Å². The van der Waals surface area contributed by atoms with Gasteiger partial charge in [-0.15, -0.1) is 0 Å². The molecule has 2 heterocycles. The zero-order chi connectivity index (χ0) is 10.8. The van der Waals surface area contributed by atoms with E-state index in [0.29, 0.717) is 24.9 Å². The van der Waals surface area contributed by atoms with Gasteiger partial charge in [0.05, 0.1) is 0 Å². The molecule has 0 bridgehead atoms. The van der Waals surface area contributed by atoms with E-state index in [1.807, 2.05) is 0 Å². The van der Waals surface area contributed by atoms with Gasteiger partial charge >= 0.3 is 5.97 Å². The first-order valence-corrected chi connectivity index (χ1v) is 4.97.